The Kier molecular flexibility index (Phi) is 8.45. The Morgan fingerprint density at radius 2 is 1.59 bits per heavy atom. The van der Waals surface area contributed by atoms with Crippen LogP contribution in [-0.4, -0.2) is 37.9 Å². The van der Waals surface area contributed by atoms with Gasteiger partial charge in [0, 0.05) is 6.20 Å². The van der Waals surface area contributed by atoms with Crippen molar-refractivity contribution in [3.8, 4) is 11.5 Å². The number of anilines is 2. The Bertz CT molecular complexity index is 1360. The number of nitrogens with zero attached hydrogens (tertiary/aromatic N) is 4. The van der Waals surface area contributed by atoms with E-state index in [-0.39, 0.29) is 0 Å². The van der Waals surface area contributed by atoms with Crippen LogP contribution in [0.3, 0.4) is 0 Å². The smallest absolute Gasteiger partial charge is 0.175 e. The van der Waals surface area contributed by atoms with Crippen LogP contribution in [0.5, 0.6) is 11.5 Å². The lowest BCUT2D eigenvalue weighted by molar-refractivity contribution is 0.287. The Labute approximate surface area is 223 Å². The topological polar surface area (TPSA) is 78.2 Å². The van der Waals surface area contributed by atoms with E-state index in [0.717, 1.165) is 39.8 Å². The average Bonchev–Trinajstić information content (AvgIpc) is 3.41. The standard InChI is InChI=1S/C28H34N6O2S/c1-6-35-25-13-12-23(14-26(25)36-7-2)16-33-18-24(15-29-33)30-28(37)31-27-20(4)32-34(21(27)5)17-22-10-8-19(3)9-11-22/h8-15,18H,6-7,16-17H2,1-5H3,(H2,30,31,37). The lowest BCUT2D eigenvalue weighted by Crippen LogP contribution is -2.19. The third-order valence-electron chi connectivity index (χ3n) is 5.92. The molecule has 8 nitrogen and oxygen atoms in total. The first-order valence-electron chi connectivity index (χ1n) is 12.4. The Hall–Kier alpha value is -3.85. The predicted octanol–water partition coefficient (Wildman–Crippen LogP) is 5.71. The SMILES string of the molecule is CCOc1ccc(Cn2cc(NC(=S)Nc3c(C)nn(Cc4ccc(C)cc4)c3C)cn2)cc1OCC. The van der Waals surface area contributed by atoms with Crippen molar-refractivity contribution in [2.24, 2.45) is 0 Å². The van der Waals surface area contributed by atoms with Gasteiger partial charge in [0.2, 0.25) is 0 Å². The summed E-state index contributed by atoms with van der Waals surface area (Å²) in [6.45, 7) is 12.5. The maximum absolute atomic E-state index is 5.74. The fourth-order valence-electron chi connectivity index (χ4n) is 4.07. The maximum atomic E-state index is 5.74. The second-order valence-electron chi connectivity index (χ2n) is 8.84. The molecule has 0 aliphatic heterocycles. The van der Waals surface area contributed by atoms with Gasteiger partial charge in [0.25, 0.3) is 0 Å². The molecule has 4 aromatic rings. The molecule has 0 saturated heterocycles. The van der Waals surface area contributed by atoms with Crippen molar-refractivity contribution in [1.82, 2.24) is 19.6 Å². The summed E-state index contributed by atoms with van der Waals surface area (Å²) in [5, 5.41) is 16.2. The molecule has 0 atom stereocenters. The van der Waals surface area contributed by atoms with Crippen molar-refractivity contribution in [1.29, 1.82) is 0 Å². The zero-order chi connectivity index (χ0) is 26.4. The van der Waals surface area contributed by atoms with Crippen LogP contribution >= 0.6 is 12.2 Å². The van der Waals surface area contributed by atoms with E-state index in [1.807, 2.05) is 61.5 Å². The number of thiocarbonyl (C=S) groups is 1. The average molecular weight is 519 g/mol. The summed E-state index contributed by atoms with van der Waals surface area (Å²) in [6, 6.07) is 14.5. The third-order valence-corrected chi connectivity index (χ3v) is 6.12. The van der Waals surface area contributed by atoms with Crippen molar-refractivity contribution in [3.63, 3.8) is 0 Å². The molecule has 2 aromatic heterocycles. The summed E-state index contributed by atoms with van der Waals surface area (Å²) in [4.78, 5) is 0. The zero-order valence-corrected chi connectivity index (χ0v) is 22.9. The summed E-state index contributed by atoms with van der Waals surface area (Å²) in [5.74, 6) is 1.49. The van der Waals surface area contributed by atoms with Gasteiger partial charge in [-0.3, -0.25) is 9.36 Å². The molecule has 0 unspecified atom stereocenters. The van der Waals surface area contributed by atoms with Crippen LogP contribution in [-0.2, 0) is 13.1 Å². The number of rotatable bonds is 10. The van der Waals surface area contributed by atoms with Gasteiger partial charge in [-0.2, -0.15) is 10.2 Å². The number of aryl methyl sites for hydroxylation is 2. The molecule has 0 radical (unpaired) electrons. The molecule has 0 amide bonds. The van der Waals surface area contributed by atoms with Gasteiger partial charge in [-0.25, -0.2) is 0 Å². The Morgan fingerprint density at radius 1 is 0.892 bits per heavy atom. The van der Waals surface area contributed by atoms with Crippen LogP contribution in [0.4, 0.5) is 11.4 Å². The van der Waals surface area contributed by atoms with Gasteiger partial charge in [-0.05, 0) is 70.1 Å². The van der Waals surface area contributed by atoms with Crippen LogP contribution in [0, 0.1) is 20.8 Å². The normalized spacial score (nSPS) is 10.8. The van der Waals surface area contributed by atoms with Crippen LogP contribution in [0.2, 0.25) is 0 Å². The maximum Gasteiger partial charge on any atom is 0.175 e. The molecule has 0 spiro atoms. The second-order valence-corrected chi connectivity index (χ2v) is 9.25. The largest absolute Gasteiger partial charge is 0.490 e. The summed E-state index contributed by atoms with van der Waals surface area (Å²) in [7, 11) is 0. The Balaban J connectivity index is 1.38. The first-order valence-corrected chi connectivity index (χ1v) is 12.9. The van der Waals surface area contributed by atoms with Crippen LogP contribution < -0.4 is 20.1 Å². The molecule has 0 aliphatic rings. The molecule has 0 bridgehead atoms. The molecule has 2 N–H and O–H groups in total. The van der Waals surface area contributed by atoms with E-state index in [1.54, 1.807) is 6.20 Å². The number of benzene rings is 2. The minimum atomic E-state index is 0.486. The molecule has 194 valence electrons. The first-order chi connectivity index (χ1) is 17.9. The molecular weight excluding hydrogens is 484 g/mol. The molecule has 0 saturated carbocycles. The van der Waals surface area contributed by atoms with E-state index >= 15 is 0 Å². The third kappa shape index (κ3) is 6.68. The van der Waals surface area contributed by atoms with Crippen molar-refractivity contribution < 1.29 is 9.47 Å². The summed E-state index contributed by atoms with van der Waals surface area (Å²) in [6.07, 6.45) is 3.68. The van der Waals surface area contributed by atoms with Crippen molar-refractivity contribution >= 4 is 28.7 Å². The van der Waals surface area contributed by atoms with Gasteiger partial charge in [0.15, 0.2) is 16.6 Å². The van der Waals surface area contributed by atoms with Crippen molar-refractivity contribution in [3.05, 3.63) is 82.9 Å². The molecule has 9 heteroatoms. The molecular formula is C28H34N6O2S. The van der Waals surface area contributed by atoms with Gasteiger partial charge in [0.05, 0.1) is 55.3 Å². The highest BCUT2D eigenvalue weighted by atomic mass is 32.1. The summed E-state index contributed by atoms with van der Waals surface area (Å²) in [5.41, 5.74) is 7.15. The summed E-state index contributed by atoms with van der Waals surface area (Å²) < 4.78 is 15.3. The molecule has 4 rings (SSSR count). The van der Waals surface area contributed by atoms with E-state index in [2.05, 4.69) is 46.9 Å². The van der Waals surface area contributed by atoms with Gasteiger partial charge in [-0.1, -0.05) is 35.9 Å². The van der Waals surface area contributed by atoms with E-state index < -0.39 is 0 Å². The highest BCUT2D eigenvalue weighted by Gasteiger charge is 2.14. The minimum absolute atomic E-state index is 0.486. The predicted molar refractivity (Wildman–Crippen MR) is 152 cm³/mol. The van der Waals surface area contributed by atoms with Gasteiger partial charge < -0.3 is 20.1 Å². The molecule has 2 aromatic carbocycles. The minimum Gasteiger partial charge on any atom is -0.490 e. The van der Waals surface area contributed by atoms with E-state index in [1.165, 1.54) is 11.1 Å². The van der Waals surface area contributed by atoms with Crippen LogP contribution in [0.15, 0.2) is 54.9 Å². The monoisotopic (exact) mass is 518 g/mol. The molecule has 2 heterocycles. The number of hydrogen-bond acceptors (Lipinski definition) is 5. The number of hydrogen-bond donors (Lipinski definition) is 2. The van der Waals surface area contributed by atoms with Crippen molar-refractivity contribution in [2.45, 2.75) is 47.7 Å². The molecule has 0 fully saturated rings. The highest BCUT2D eigenvalue weighted by molar-refractivity contribution is 7.80. The van der Waals surface area contributed by atoms with Gasteiger partial charge in [-0.15, -0.1) is 0 Å². The first kappa shape index (κ1) is 26.2. The van der Waals surface area contributed by atoms with E-state index in [9.17, 15) is 0 Å². The van der Waals surface area contributed by atoms with E-state index in [4.69, 9.17) is 26.8 Å². The fraction of sp³-hybridized carbons (Fsp3) is 0.321. The lowest BCUT2D eigenvalue weighted by atomic mass is 10.1. The van der Waals surface area contributed by atoms with E-state index in [0.29, 0.717) is 31.4 Å². The Morgan fingerprint density at radius 3 is 2.32 bits per heavy atom. The number of nitrogens with one attached hydrogen (secondary N) is 2. The highest BCUT2D eigenvalue weighted by Crippen LogP contribution is 2.29. The number of aromatic nitrogens is 4. The van der Waals surface area contributed by atoms with Crippen molar-refractivity contribution in [2.75, 3.05) is 23.8 Å². The number of ether oxygens (including phenoxy) is 2. The molecule has 37 heavy (non-hydrogen) atoms. The zero-order valence-electron chi connectivity index (χ0n) is 22.0. The summed E-state index contributed by atoms with van der Waals surface area (Å²) >= 11 is 5.59. The van der Waals surface area contributed by atoms with Gasteiger partial charge >= 0.3 is 0 Å². The quantitative estimate of drug-likeness (QED) is 0.261. The fourth-order valence-corrected chi connectivity index (χ4v) is 4.29. The lowest BCUT2D eigenvalue weighted by Gasteiger charge is -2.12. The van der Waals surface area contributed by atoms with Gasteiger partial charge in [0.1, 0.15) is 0 Å². The molecule has 0 aliphatic carbocycles. The van der Waals surface area contributed by atoms with Crippen LogP contribution in [0.1, 0.15) is 41.9 Å². The van der Waals surface area contributed by atoms with Crippen LogP contribution in [0.25, 0.3) is 0 Å². The second kappa shape index (κ2) is 11.9.